The van der Waals surface area contributed by atoms with Crippen LogP contribution in [0.3, 0.4) is 0 Å². The van der Waals surface area contributed by atoms with Crippen LogP contribution in [0.15, 0.2) is 54.7 Å². The highest BCUT2D eigenvalue weighted by Crippen LogP contribution is 2.19. The van der Waals surface area contributed by atoms with E-state index < -0.39 is 6.09 Å². The molecule has 24 heavy (non-hydrogen) atoms. The average Bonchev–Trinajstić information content (AvgIpc) is 2.98. The van der Waals surface area contributed by atoms with Gasteiger partial charge in [-0.1, -0.05) is 42.5 Å². The second-order valence-corrected chi connectivity index (χ2v) is 5.54. The summed E-state index contributed by atoms with van der Waals surface area (Å²) in [6.07, 6.45) is 5.19. The van der Waals surface area contributed by atoms with Crippen LogP contribution in [0.4, 0.5) is 4.79 Å². The quantitative estimate of drug-likeness (QED) is 0.628. The Labute approximate surface area is 139 Å². The van der Waals surface area contributed by atoms with Gasteiger partial charge in [-0.2, -0.15) is 0 Å². The van der Waals surface area contributed by atoms with Crippen molar-refractivity contribution >= 4 is 17.3 Å². The Kier molecular flexibility index (Phi) is 4.56. The van der Waals surface area contributed by atoms with E-state index in [-0.39, 0.29) is 6.04 Å². The molecule has 0 aliphatic rings. The molecule has 0 aliphatic carbocycles. The molecule has 0 saturated carbocycles. The Balaban J connectivity index is 1.74. The molecule has 0 spiro atoms. The number of rotatable bonds is 5. The molecule has 1 unspecified atom stereocenters. The van der Waals surface area contributed by atoms with E-state index in [1.165, 1.54) is 0 Å². The Hall–Kier alpha value is -3.15. The molecule has 6 heteroatoms. The summed E-state index contributed by atoms with van der Waals surface area (Å²) in [5.41, 5.74) is 3.62. The number of carboxylic acid groups (broad SMARTS) is 1. The molecule has 3 aromatic rings. The molecule has 0 aliphatic heterocycles. The van der Waals surface area contributed by atoms with Crippen LogP contribution in [-0.2, 0) is 6.42 Å². The first-order valence-electron chi connectivity index (χ1n) is 7.68. The van der Waals surface area contributed by atoms with E-state index in [4.69, 9.17) is 5.11 Å². The van der Waals surface area contributed by atoms with Gasteiger partial charge in [0, 0.05) is 17.8 Å². The fourth-order valence-electron chi connectivity index (χ4n) is 2.44. The van der Waals surface area contributed by atoms with Crippen LogP contribution in [-0.4, -0.2) is 32.2 Å². The van der Waals surface area contributed by atoms with Crippen molar-refractivity contribution in [3.63, 3.8) is 0 Å². The average molecular weight is 322 g/mol. The highest BCUT2D eigenvalue weighted by atomic mass is 16.4. The van der Waals surface area contributed by atoms with Gasteiger partial charge in [0.25, 0.3) is 0 Å². The molecular formula is C18H18N4O2. The van der Waals surface area contributed by atoms with Crippen LogP contribution < -0.4 is 5.32 Å². The smallest absolute Gasteiger partial charge is 0.405 e. The van der Waals surface area contributed by atoms with Crippen molar-refractivity contribution in [3.05, 3.63) is 60.3 Å². The third kappa shape index (κ3) is 3.78. The van der Waals surface area contributed by atoms with E-state index in [0.29, 0.717) is 12.1 Å². The summed E-state index contributed by atoms with van der Waals surface area (Å²) >= 11 is 0. The number of nitrogens with one attached hydrogen (secondary N) is 2. The van der Waals surface area contributed by atoms with Crippen LogP contribution in [0.25, 0.3) is 22.6 Å². The van der Waals surface area contributed by atoms with Crippen LogP contribution in [0.2, 0.25) is 0 Å². The van der Waals surface area contributed by atoms with E-state index in [1.807, 2.05) is 48.6 Å². The third-order valence-electron chi connectivity index (χ3n) is 3.57. The summed E-state index contributed by atoms with van der Waals surface area (Å²) in [6.45, 7) is 1.78. The minimum Gasteiger partial charge on any atom is -0.465 e. The number of hydrogen-bond donors (Lipinski definition) is 3. The zero-order chi connectivity index (χ0) is 16.9. The number of hydrogen-bond acceptors (Lipinski definition) is 3. The largest absolute Gasteiger partial charge is 0.465 e. The van der Waals surface area contributed by atoms with Crippen molar-refractivity contribution in [3.8, 4) is 11.4 Å². The number of aromatic nitrogens is 3. The van der Waals surface area contributed by atoms with Crippen molar-refractivity contribution < 1.29 is 9.90 Å². The number of pyridine rings is 1. The highest BCUT2D eigenvalue weighted by Gasteiger charge is 2.06. The molecule has 1 atom stereocenters. The molecule has 1 aromatic carbocycles. The van der Waals surface area contributed by atoms with E-state index in [2.05, 4.69) is 20.3 Å². The summed E-state index contributed by atoms with van der Waals surface area (Å²) in [5, 5.41) is 11.0. The minimum absolute atomic E-state index is 0.226. The monoisotopic (exact) mass is 322 g/mol. The van der Waals surface area contributed by atoms with Crippen molar-refractivity contribution in [1.29, 1.82) is 0 Å². The maximum absolute atomic E-state index is 10.5. The van der Waals surface area contributed by atoms with Gasteiger partial charge in [0.15, 0.2) is 5.65 Å². The van der Waals surface area contributed by atoms with Gasteiger partial charge >= 0.3 is 6.09 Å². The van der Waals surface area contributed by atoms with Gasteiger partial charge in [0.05, 0.1) is 5.52 Å². The molecule has 122 valence electrons. The van der Waals surface area contributed by atoms with Gasteiger partial charge in [0.2, 0.25) is 0 Å². The fraction of sp³-hybridized carbons (Fsp3) is 0.167. The zero-order valence-electron chi connectivity index (χ0n) is 13.2. The maximum atomic E-state index is 10.5. The molecule has 2 heterocycles. The van der Waals surface area contributed by atoms with Gasteiger partial charge < -0.3 is 15.4 Å². The molecule has 6 nitrogen and oxygen atoms in total. The van der Waals surface area contributed by atoms with Crippen molar-refractivity contribution in [1.82, 2.24) is 20.3 Å². The van der Waals surface area contributed by atoms with Crippen LogP contribution in [0, 0.1) is 0 Å². The molecular weight excluding hydrogens is 304 g/mol. The number of carbonyl (C=O) groups is 1. The number of imidazole rings is 1. The SMILES string of the molecule is CC(/C=C/Cc1cnc2nc(-c3ccccc3)[nH]c2c1)NC(=O)O. The van der Waals surface area contributed by atoms with E-state index in [0.717, 1.165) is 22.5 Å². The summed E-state index contributed by atoms with van der Waals surface area (Å²) < 4.78 is 0. The fourth-order valence-corrected chi connectivity index (χ4v) is 2.44. The lowest BCUT2D eigenvalue weighted by Crippen LogP contribution is -2.29. The Morgan fingerprint density at radius 3 is 2.92 bits per heavy atom. The van der Waals surface area contributed by atoms with E-state index in [1.54, 1.807) is 13.1 Å². The summed E-state index contributed by atoms with van der Waals surface area (Å²) in [4.78, 5) is 22.7. The third-order valence-corrected chi connectivity index (χ3v) is 3.57. The normalized spacial score (nSPS) is 12.5. The minimum atomic E-state index is -1.03. The molecule has 0 fully saturated rings. The van der Waals surface area contributed by atoms with E-state index in [9.17, 15) is 4.79 Å². The summed E-state index contributed by atoms with van der Waals surface area (Å²) in [5.74, 6) is 0.796. The van der Waals surface area contributed by atoms with Gasteiger partial charge in [-0.3, -0.25) is 0 Å². The number of benzene rings is 1. The van der Waals surface area contributed by atoms with Crippen molar-refractivity contribution in [2.24, 2.45) is 0 Å². The van der Waals surface area contributed by atoms with Gasteiger partial charge in [-0.15, -0.1) is 0 Å². The lowest BCUT2D eigenvalue weighted by atomic mass is 10.2. The van der Waals surface area contributed by atoms with Crippen LogP contribution >= 0.6 is 0 Å². The number of nitrogens with zero attached hydrogens (tertiary/aromatic N) is 2. The van der Waals surface area contributed by atoms with Crippen LogP contribution in [0.5, 0.6) is 0 Å². The topological polar surface area (TPSA) is 90.9 Å². The number of fused-ring (bicyclic) bond motifs is 1. The molecule has 0 saturated heterocycles. The van der Waals surface area contributed by atoms with Gasteiger partial charge in [-0.05, 0) is 25.0 Å². The van der Waals surface area contributed by atoms with Crippen LogP contribution in [0.1, 0.15) is 12.5 Å². The molecule has 1 amide bonds. The molecule has 0 radical (unpaired) electrons. The number of aromatic amines is 1. The first kappa shape index (κ1) is 15.7. The number of allylic oxidation sites excluding steroid dienone is 1. The predicted octanol–water partition coefficient (Wildman–Crippen LogP) is 3.38. The molecule has 2 aromatic heterocycles. The number of H-pyrrole nitrogens is 1. The lowest BCUT2D eigenvalue weighted by molar-refractivity contribution is 0.193. The van der Waals surface area contributed by atoms with Crippen molar-refractivity contribution in [2.75, 3.05) is 0 Å². The van der Waals surface area contributed by atoms with E-state index >= 15 is 0 Å². The maximum Gasteiger partial charge on any atom is 0.405 e. The predicted molar refractivity (Wildman–Crippen MR) is 92.8 cm³/mol. The Morgan fingerprint density at radius 1 is 1.38 bits per heavy atom. The van der Waals surface area contributed by atoms with Gasteiger partial charge in [-0.25, -0.2) is 14.8 Å². The molecule has 0 bridgehead atoms. The lowest BCUT2D eigenvalue weighted by Gasteiger charge is -2.04. The Bertz CT molecular complexity index is 871. The Morgan fingerprint density at radius 2 is 2.17 bits per heavy atom. The standard InChI is InChI=1S/C18H18N4O2/c1-12(20-18(23)24)6-5-7-13-10-15-17(19-11-13)22-16(21-15)14-8-3-2-4-9-14/h2-6,8-12,20H,7H2,1H3,(H,23,24)(H,19,21,22)/b6-5+. The summed E-state index contributed by atoms with van der Waals surface area (Å²) in [7, 11) is 0. The number of amides is 1. The first-order valence-corrected chi connectivity index (χ1v) is 7.68. The van der Waals surface area contributed by atoms with Gasteiger partial charge in [0.1, 0.15) is 5.82 Å². The molecule has 3 rings (SSSR count). The second kappa shape index (κ2) is 6.95. The summed E-state index contributed by atoms with van der Waals surface area (Å²) in [6, 6.07) is 11.7. The highest BCUT2D eigenvalue weighted by molar-refractivity contribution is 5.76. The van der Waals surface area contributed by atoms with Crippen molar-refractivity contribution in [2.45, 2.75) is 19.4 Å². The molecule has 3 N–H and O–H groups in total. The zero-order valence-corrected chi connectivity index (χ0v) is 13.2. The first-order chi connectivity index (χ1) is 11.6. The second-order valence-electron chi connectivity index (χ2n) is 5.54.